The van der Waals surface area contributed by atoms with E-state index in [1.807, 2.05) is 30.5 Å². The maximum atomic E-state index is 13.3. The van der Waals surface area contributed by atoms with Crippen molar-refractivity contribution in [1.29, 1.82) is 0 Å². The number of nitrogens with zero attached hydrogens (tertiary/aromatic N) is 2. The molecular formula is C21H13ClFIN2O. The Kier molecular flexibility index (Phi) is 5.22. The molecule has 0 unspecified atom stereocenters. The Bertz CT molecular complexity index is 1140. The van der Waals surface area contributed by atoms with Crippen LogP contribution in [0.5, 0.6) is 5.75 Å². The highest BCUT2D eigenvalue weighted by molar-refractivity contribution is 14.1. The minimum absolute atomic E-state index is 0.238. The highest BCUT2D eigenvalue weighted by atomic mass is 127. The maximum absolute atomic E-state index is 13.3. The van der Waals surface area contributed by atoms with Crippen molar-refractivity contribution in [3.63, 3.8) is 0 Å². The second-order valence-electron chi connectivity index (χ2n) is 5.96. The number of rotatable bonds is 4. The average Bonchev–Trinajstić information content (AvgIpc) is 2.66. The van der Waals surface area contributed by atoms with E-state index in [-0.39, 0.29) is 12.4 Å². The Balaban J connectivity index is 1.57. The Labute approximate surface area is 174 Å². The van der Waals surface area contributed by atoms with Gasteiger partial charge >= 0.3 is 0 Å². The molecule has 1 heterocycles. The van der Waals surface area contributed by atoms with E-state index in [1.54, 1.807) is 24.3 Å². The smallest absolute Gasteiger partial charge is 0.159 e. The fourth-order valence-corrected chi connectivity index (χ4v) is 3.44. The molecule has 6 heteroatoms. The van der Waals surface area contributed by atoms with E-state index in [4.69, 9.17) is 16.3 Å². The van der Waals surface area contributed by atoms with E-state index in [2.05, 4.69) is 32.6 Å². The summed E-state index contributed by atoms with van der Waals surface area (Å²) in [7, 11) is 0. The zero-order valence-corrected chi connectivity index (χ0v) is 16.9. The molecule has 0 bridgehead atoms. The third-order valence-electron chi connectivity index (χ3n) is 4.02. The van der Waals surface area contributed by atoms with E-state index in [1.165, 1.54) is 12.1 Å². The number of aromatic nitrogens is 2. The summed E-state index contributed by atoms with van der Waals surface area (Å²) in [6.07, 6.45) is 1.81. The summed E-state index contributed by atoms with van der Waals surface area (Å²) in [6, 6.07) is 17.7. The van der Waals surface area contributed by atoms with Gasteiger partial charge in [-0.2, -0.15) is 0 Å². The summed E-state index contributed by atoms with van der Waals surface area (Å²) in [5.74, 6) is 0.836. The van der Waals surface area contributed by atoms with Crippen molar-refractivity contribution in [1.82, 2.24) is 9.97 Å². The van der Waals surface area contributed by atoms with Crippen molar-refractivity contribution in [3.8, 4) is 17.1 Å². The van der Waals surface area contributed by atoms with Crippen LogP contribution in [0.3, 0.4) is 0 Å². The maximum Gasteiger partial charge on any atom is 0.159 e. The van der Waals surface area contributed by atoms with Gasteiger partial charge in [0.15, 0.2) is 5.82 Å². The highest BCUT2D eigenvalue weighted by Gasteiger charge is 2.09. The third kappa shape index (κ3) is 4.20. The number of hydrogen-bond acceptors (Lipinski definition) is 3. The molecule has 0 aliphatic rings. The van der Waals surface area contributed by atoms with Crippen LogP contribution in [0.2, 0.25) is 5.02 Å². The van der Waals surface area contributed by atoms with Crippen LogP contribution in [-0.2, 0) is 6.61 Å². The summed E-state index contributed by atoms with van der Waals surface area (Å²) in [5, 5.41) is 1.45. The van der Waals surface area contributed by atoms with Gasteiger partial charge in [0.25, 0.3) is 0 Å². The Morgan fingerprint density at radius 1 is 1.04 bits per heavy atom. The molecule has 0 N–H and O–H groups in total. The number of ether oxygens (including phenoxy) is 1. The molecule has 3 nitrogen and oxygen atoms in total. The highest BCUT2D eigenvalue weighted by Crippen LogP contribution is 2.30. The van der Waals surface area contributed by atoms with Crippen LogP contribution >= 0.6 is 34.2 Å². The van der Waals surface area contributed by atoms with Gasteiger partial charge in [-0.3, -0.25) is 0 Å². The second kappa shape index (κ2) is 7.78. The van der Waals surface area contributed by atoms with E-state index < -0.39 is 0 Å². The third-order valence-corrected chi connectivity index (χ3v) is 4.98. The molecule has 0 amide bonds. The summed E-state index contributed by atoms with van der Waals surface area (Å²) < 4.78 is 20.1. The monoisotopic (exact) mass is 490 g/mol. The van der Waals surface area contributed by atoms with Crippen molar-refractivity contribution >= 4 is 45.1 Å². The van der Waals surface area contributed by atoms with Gasteiger partial charge in [0, 0.05) is 20.7 Å². The van der Waals surface area contributed by atoms with Crippen LogP contribution in [0, 0.1) is 9.39 Å². The molecule has 0 atom stereocenters. The van der Waals surface area contributed by atoms with Gasteiger partial charge in [0.1, 0.15) is 18.2 Å². The predicted octanol–water partition coefficient (Wildman–Crippen LogP) is 6.27. The zero-order valence-electron chi connectivity index (χ0n) is 14.0. The van der Waals surface area contributed by atoms with Crippen LogP contribution in [0.15, 0.2) is 66.9 Å². The zero-order chi connectivity index (χ0) is 18.8. The van der Waals surface area contributed by atoms with E-state index in [0.29, 0.717) is 16.6 Å². The second-order valence-corrected chi connectivity index (χ2v) is 7.61. The Morgan fingerprint density at radius 2 is 1.93 bits per heavy atom. The topological polar surface area (TPSA) is 35.0 Å². The van der Waals surface area contributed by atoms with Crippen LogP contribution in [0.25, 0.3) is 22.3 Å². The lowest BCUT2D eigenvalue weighted by Crippen LogP contribution is -1.97. The van der Waals surface area contributed by atoms with Gasteiger partial charge in [-0.1, -0.05) is 23.7 Å². The van der Waals surface area contributed by atoms with Gasteiger partial charge in [-0.05, 0) is 76.7 Å². The SMILES string of the molecule is Fc1cccc(COc2ccc(-c3ncc4cc(I)ccc4n3)cc2Cl)c1. The lowest BCUT2D eigenvalue weighted by molar-refractivity contribution is 0.306. The first kappa shape index (κ1) is 18.1. The van der Waals surface area contributed by atoms with Gasteiger partial charge in [0.2, 0.25) is 0 Å². The van der Waals surface area contributed by atoms with E-state index >= 15 is 0 Å². The van der Waals surface area contributed by atoms with Crippen molar-refractivity contribution in [2.75, 3.05) is 0 Å². The van der Waals surface area contributed by atoms with Crippen LogP contribution in [0.4, 0.5) is 4.39 Å². The molecule has 0 aliphatic heterocycles. The van der Waals surface area contributed by atoms with E-state index in [0.717, 1.165) is 25.6 Å². The van der Waals surface area contributed by atoms with Crippen LogP contribution in [-0.4, -0.2) is 9.97 Å². The molecule has 0 spiro atoms. The summed E-state index contributed by atoms with van der Waals surface area (Å²) in [5.41, 5.74) is 2.42. The Hall–Kier alpha value is -2.25. The number of hydrogen-bond donors (Lipinski definition) is 0. The van der Waals surface area contributed by atoms with E-state index in [9.17, 15) is 4.39 Å². The molecule has 4 aromatic rings. The first-order valence-corrected chi connectivity index (χ1v) is 9.64. The molecule has 27 heavy (non-hydrogen) atoms. The minimum Gasteiger partial charge on any atom is -0.487 e. The van der Waals surface area contributed by atoms with Crippen LogP contribution < -0.4 is 4.74 Å². The lowest BCUT2D eigenvalue weighted by atomic mass is 10.2. The lowest BCUT2D eigenvalue weighted by Gasteiger charge is -2.10. The standard InChI is InChI=1S/C21H13ClFIN2O/c22-18-10-14(21-25-11-15-9-17(24)5-6-19(15)26-21)4-7-20(18)27-12-13-2-1-3-16(23)8-13/h1-11H,12H2. The van der Waals surface area contributed by atoms with Gasteiger partial charge in [0.05, 0.1) is 10.5 Å². The summed E-state index contributed by atoms with van der Waals surface area (Å²) in [4.78, 5) is 9.04. The first-order chi connectivity index (χ1) is 13.1. The average molecular weight is 491 g/mol. The molecule has 0 saturated heterocycles. The molecule has 1 aromatic heterocycles. The molecule has 0 radical (unpaired) electrons. The van der Waals surface area contributed by atoms with Crippen molar-refractivity contribution in [3.05, 3.63) is 86.8 Å². The van der Waals surface area contributed by atoms with Gasteiger partial charge in [-0.15, -0.1) is 0 Å². The molecule has 3 aromatic carbocycles. The van der Waals surface area contributed by atoms with Crippen molar-refractivity contribution < 1.29 is 9.13 Å². The quantitative estimate of drug-likeness (QED) is 0.316. The minimum atomic E-state index is -0.291. The molecule has 0 aliphatic carbocycles. The van der Waals surface area contributed by atoms with Gasteiger partial charge < -0.3 is 4.74 Å². The molecule has 134 valence electrons. The normalized spacial score (nSPS) is 10.9. The summed E-state index contributed by atoms with van der Waals surface area (Å²) in [6.45, 7) is 0.238. The molecular weight excluding hydrogens is 478 g/mol. The summed E-state index contributed by atoms with van der Waals surface area (Å²) >= 11 is 8.62. The van der Waals surface area contributed by atoms with Gasteiger partial charge in [-0.25, -0.2) is 14.4 Å². The van der Waals surface area contributed by atoms with Crippen LogP contribution in [0.1, 0.15) is 5.56 Å². The van der Waals surface area contributed by atoms with Crippen molar-refractivity contribution in [2.45, 2.75) is 6.61 Å². The molecule has 0 fully saturated rings. The predicted molar refractivity (Wildman–Crippen MR) is 113 cm³/mol. The number of benzene rings is 3. The fourth-order valence-electron chi connectivity index (χ4n) is 2.69. The number of fused-ring (bicyclic) bond motifs is 1. The first-order valence-electron chi connectivity index (χ1n) is 8.18. The number of halogens is 3. The fraction of sp³-hybridized carbons (Fsp3) is 0.0476. The molecule has 4 rings (SSSR count). The largest absolute Gasteiger partial charge is 0.487 e. The Morgan fingerprint density at radius 3 is 2.74 bits per heavy atom. The molecule has 0 saturated carbocycles. The van der Waals surface area contributed by atoms with Crippen molar-refractivity contribution in [2.24, 2.45) is 0 Å².